The van der Waals surface area contributed by atoms with Crippen LogP contribution in [0.2, 0.25) is 0 Å². The van der Waals surface area contributed by atoms with Crippen molar-refractivity contribution >= 4 is 5.97 Å². The molecule has 0 aliphatic rings. The molecule has 0 heterocycles. The van der Waals surface area contributed by atoms with Gasteiger partial charge in [-0.15, -0.1) is 0 Å². The molecule has 0 saturated carbocycles. The maximum Gasteiger partial charge on any atom is 0.335 e. The minimum atomic E-state index is -0.891. The molecule has 0 aromatic heterocycles. The number of aromatic carboxylic acids is 1. The highest BCUT2D eigenvalue weighted by Crippen LogP contribution is 2.19. The summed E-state index contributed by atoms with van der Waals surface area (Å²) in [6.45, 7) is 9.27. The molecule has 0 saturated heterocycles. The van der Waals surface area contributed by atoms with Crippen molar-refractivity contribution in [1.82, 2.24) is 0 Å². The van der Waals surface area contributed by atoms with E-state index in [4.69, 9.17) is 9.84 Å². The zero-order valence-corrected chi connectivity index (χ0v) is 13.7. The van der Waals surface area contributed by atoms with E-state index >= 15 is 0 Å². The Morgan fingerprint density at radius 1 is 1.19 bits per heavy atom. The highest BCUT2D eigenvalue weighted by atomic mass is 16.5. The van der Waals surface area contributed by atoms with Crippen molar-refractivity contribution in [3.05, 3.63) is 29.3 Å². The van der Waals surface area contributed by atoms with Gasteiger partial charge < -0.3 is 9.84 Å². The summed E-state index contributed by atoms with van der Waals surface area (Å²) in [6.07, 6.45) is 4.86. The Bertz CT molecular complexity index is 452. The Morgan fingerprint density at radius 3 is 2.48 bits per heavy atom. The van der Waals surface area contributed by atoms with E-state index in [1.54, 1.807) is 25.1 Å². The van der Waals surface area contributed by atoms with Crippen LogP contribution in [0.1, 0.15) is 62.4 Å². The van der Waals surface area contributed by atoms with Gasteiger partial charge in [0.15, 0.2) is 0 Å². The molecule has 0 fully saturated rings. The number of carboxylic acid groups (broad SMARTS) is 1. The molecule has 0 aliphatic heterocycles. The highest BCUT2D eigenvalue weighted by Gasteiger charge is 2.08. The standard InChI is InChI=1S/C18H28O3/c1-13(2)6-5-7-14(3)10-11-21-16-8-9-17(18(19)20)15(4)12-16/h8-9,12-14H,5-7,10-11H2,1-4H3,(H,19,20). The van der Waals surface area contributed by atoms with Crippen LogP contribution in [0.3, 0.4) is 0 Å². The van der Waals surface area contributed by atoms with E-state index in [9.17, 15) is 4.79 Å². The lowest BCUT2D eigenvalue weighted by Gasteiger charge is -2.13. The number of hydrogen-bond donors (Lipinski definition) is 1. The van der Waals surface area contributed by atoms with Gasteiger partial charge in [0.25, 0.3) is 0 Å². The van der Waals surface area contributed by atoms with Crippen LogP contribution in [0.4, 0.5) is 0 Å². The number of benzene rings is 1. The third-order valence-corrected chi connectivity index (χ3v) is 3.79. The highest BCUT2D eigenvalue weighted by molar-refractivity contribution is 5.89. The van der Waals surface area contributed by atoms with Crippen LogP contribution in [0, 0.1) is 18.8 Å². The normalized spacial score (nSPS) is 12.4. The molecule has 1 atom stereocenters. The first-order valence-corrected chi connectivity index (χ1v) is 7.87. The summed E-state index contributed by atoms with van der Waals surface area (Å²) in [5.74, 6) is 1.32. The van der Waals surface area contributed by atoms with Gasteiger partial charge in [0.2, 0.25) is 0 Å². The molecule has 0 radical (unpaired) electrons. The Labute approximate surface area is 128 Å². The van der Waals surface area contributed by atoms with E-state index in [2.05, 4.69) is 20.8 Å². The van der Waals surface area contributed by atoms with E-state index in [0.29, 0.717) is 18.1 Å². The van der Waals surface area contributed by atoms with Crippen molar-refractivity contribution in [3.8, 4) is 5.75 Å². The lowest BCUT2D eigenvalue weighted by molar-refractivity contribution is 0.0696. The van der Waals surface area contributed by atoms with Gasteiger partial charge >= 0.3 is 5.97 Å². The Kier molecular flexibility index (Phi) is 7.27. The van der Waals surface area contributed by atoms with Crippen LogP contribution in [0.15, 0.2) is 18.2 Å². The molecule has 0 spiro atoms. The number of carboxylic acids is 1. The molecule has 118 valence electrons. The number of rotatable bonds is 9. The fourth-order valence-electron chi connectivity index (χ4n) is 2.36. The molecule has 0 aliphatic carbocycles. The van der Waals surface area contributed by atoms with Crippen molar-refractivity contribution in [2.75, 3.05) is 6.61 Å². The van der Waals surface area contributed by atoms with Crippen molar-refractivity contribution in [1.29, 1.82) is 0 Å². The van der Waals surface area contributed by atoms with Crippen LogP contribution < -0.4 is 4.74 Å². The minimum absolute atomic E-state index is 0.337. The predicted octanol–water partition coefficient (Wildman–Crippen LogP) is 4.92. The lowest BCUT2D eigenvalue weighted by atomic mass is 9.98. The van der Waals surface area contributed by atoms with Gasteiger partial charge in [0.1, 0.15) is 5.75 Å². The first-order chi connectivity index (χ1) is 9.90. The molecule has 1 rings (SSSR count). The van der Waals surface area contributed by atoms with Gasteiger partial charge in [-0.25, -0.2) is 4.79 Å². The summed E-state index contributed by atoms with van der Waals surface area (Å²) in [5.41, 5.74) is 1.08. The maximum atomic E-state index is 10.9. The van der Waals surface area contributed by atoms with E-state index in [1.807, 2.05) is 0 Å². The summed E-state index contributed by atoms with van der Waals surface area (Å²) < 4.78 is 5.73. The lowest BCUT2D eigenvalue weighted by Crippen LogP contribution is -2.06. The van der Waals surface area contributed by atoms with Crippen molar-refractivity contribution in [2.24, 2.45) is 11.8 Å². The number of hydrogen-bond acceptors (Lipinski definition) is 2. The second-order valence-electron chi connectivity index (χ2n) is 6.35. The van der Waals surface area contributed by atoms with Gasteiger partial charge in [0.05, 0.1) is 12.2 Å². The molecule has 1 aromatic carbocycles. The molecule has 1 aromatic rings. The molecule has 1 unspecified atom stereocenters. The maximum absolute atomic E-state index is 10.9. The van der Waals surface area contributed by atoms with Gasteiger partial charge in [-0.05, 0) is 48.9 Å². The second-order valence-corrected chi connectivity index (χ2v) is 6.35. The number of ether oxygens (including phenoxy) is 1. The van der Waals surface area contributed by atoms with E-state index in [-0.39, 0.29) is 0 Å². The summed E-state index contributed by atoms with van der Waals surface area (Å²) in [4.78, 5) is 10.9. The van der Waals surface area contributed by atoms with Crippen LogP contribution in [0.25, 0.3) is 0 Å². The third kappa shape index (κ3) is 6.65. The van der Waals surface area contributed by atoms with Crippen LogP contribution >= 0.6 is 0 Å². The van der Waals surface area contributed by atoms with Crippen molar-refractivity contribution < 1.29 is 14.6 Å². The molecule has 0 bridgehead atoms. The first kappa shape index (κ1) is 17.5. The zero-order valence-electron chi connectivity index (χ0n) is 13.7. The number of aryl methyl sites for hydroxylation is 1. The topological polar surface area (TPSA) is 46.5 Å². The minimum Gasteiger partial charge on any atom is -0.494 e. The molecule has 3 nitrogen and oxygen atoms in total. The van der Waals surface area contributed by atoms with Crippen LogP contribution in [0.5, 0.6) is 5.75 Å². The summed E-state index contributed by atoms with van der Waals surface area (Å²) in [5, 5.41) is 8.99. The van der Waals surface area contributed by atoms with Crippen molar-refractivity contribution in [3.63, 3.8) is 0 Å². The fourth-order valence-corrected chi connectivity index (χ4v) is 2.36. The van der Waals surface area contributed by atoms with Gasteiger partial charge in [-0.3, -0.25) is 0 Å². The zero-order chi connectivity index (χ0) is 15.8. The van der Waals surface area contributed by atoms with E-state index in [0.717, 1.165) is 23.7 Å². The van der Waals surface area contributed by atoms with Crippen molar-refractivity contribution in [2.45, 2.75) is 53.4 Å². The average Bonchev–Trinajstić information content (AvgIpc) is 2.37. The van der Waals surface area contributed by atoms with Gasteiger partial charge in [-0.1, -0.05) is 40.0 Å². The Morgan fingerprint density at radius 2 is 1.90 bits per heavy atom. The van der Waals surface area contributed by atoms with Crippen LogP contribution in [-0.2, 0) is 0 Å². The quantitative estimate of drug-likeness (QED) is 0.702. The first-order valence-electron chi connectivity index (χ1n) is 7.87. The van der Waals surface area contributed by atoms with E-state index < -0.39 is 5.97 Å². The largest absolute Gasteiger partial charge is 0.494 e. The smallest absolute Gasteiger partial charge is 0.335 e. The summed E-state index contributed by atoms with van der Waals surface area (Å²) in [7, 11) is 0. The Hall–Kier alpha value is -1.51. The average molecular weight is 292 g/mol. The third-order valence-electron chi connectivity index (χ3n) is 3.79. The monoisotopic (exact) mass is 292 g/mol. The molecule has 1 N–H and O–H groups in total. The molecular formula is C18H28O3. The number of carbonyl (C=O) groups is 1. The van der Waals surface area contributed by atoms with E-state index in [1.165, 1.54) is 19.3 Å². The fraction of sp³-hybridized carbons (Fsp3) is 0.611. The molecular weight excluding hydrogens is 264 g/mol. The Balaban J connectivity index is 2.32. The van der Waals surface area contributed by atoms with Gasteiger partial charge in [0, 0.05) is 0 Å². The predicted molar refractivity (Wildman–Crippen MR) is 86.1 cm³/mol. The van der Waals surface area contributed by atoms with Crippen LogP contribution in [-0.4, -0.2) is 17.7 Å². The second kappa shape index (κ2) is 8.71. The summed E-state index contributed by atoms with van der Waals surface area (Å²) in [6, 6.07) is 5.14. The molecule has 3 heteroatoms. The molecule has 21 heavy (non-hydrogen) atoms. The SMILES string of the molecule is Cc1cc(OCCC(C)CCCC(C)C)ccc1C(=O)O. The van der Waals surface area contributed by atoms with Gasteiger partial charge in [-0.2, -0.15) is 0 Å². The molecule has 0 amide bonds. The summed E-state index contributed by atoms with van der Waals surface area (Å²) >= 11 is 0.